The lowest BCUT2D eigenvalue weighted by molar-refractivity contribution is -0.865. The third-order valence-electron chi connectivity index (χ3n) is 2.50. The summed E-state index contributed by atoms with van der Waals surface area (Å²) < 4.78 is 1.92. The van der Waals surface area contributed by atoms with Gasteiger partial charge in [-0.3, -0.25) is 8.97 Å². The standard InChI is InChI=1S/C10H24N2/c1-7-11(3,4)9-10-12(5,6)8-2/h9-10H,7-8H2,1-6H3/q+2/b10-9+. The lowest BCUT2D eigenvalue weighted by Crippen LogP contribution is -2.37. The average Bonchev–Trinajstić information content (AvgIpc) is 2.02. The largest absolute Gasteiger partial charge is 0.298 e. The summed E-state index contributed by atoms with van der Waals surface area (Å²) in [6, 6.07) is 0. The second-order valence-electron chi connectivity index (χ2n) is 4.49. The lowest BCUT2D eigenvalue weighted by atomic mass is 10.5. The molecule has 0 radical (unpaired) electrons. The Labute approximate surface area is 77.3 Å². The molecule has 0 aliphatic heterocycles. The van der Waals surface area contributed by atoms with Crippen LogP contribution in [-0.2, 0) is 0 Å². The fourth-order valence-electron chi connectivity index (χ4n) is 0.572. The first-order valence-electron chi connectivity index (χ1n) is 4.69. The molecular weight excluding hydrogens is 148 g/mol. The fourth-order valence-corrected chi connectivity index (χ4v) is 0.572. The summed E-state index contributed by atoms with van der Waals surface area (Å²) in [5, 5.41) is 0. The van der Waals surface area contributed by atoms with Crippen LogP contribution < -0.4 is 0 Å². The lowest BCUT2D eigenvalue weighted by Gasteiger charge is -2.26. The first-order valence-corrected chi connectivity index (χ1v) is 4.69. The molecule has 0 fully saturated rings. The molecule has 0 aliphatic carbocycles. The first-order chi connectivity index (χ1) is 5.33. The summed E-state index contributed by atoms with van der Waals surface area (Å²) >= 11 is 0. The minimum atomic E-state index is 0.960. The summed E-state index contributed by atoms with van der Waals surface area (Å²) in [4.78, 5) is 0. The molecule has 0 saturated heterocycles. The van der Waals surface area contributed by atoms with Crippen molar-refractivity contribution in [2.75, 3.05) is 41.3 Å². The highest BCUT2D eigenvalue weighted by Crippen LogP contribution is 2.03. The SMILES string of the molecule is CC[N+](C)(C)/C=C/[N+](C)(C)CC. The average molecular weight is 172 g/mol. The maximum Gasteiger partial charge on any atom is 0.149 e. The van der Waals surface area contributed by atoms with Gasteiger partial charge in [-0.25, -0.2) is 0 Å². The van der Waals surface area contributed by atoms with Gasteiger partial charge in [-0.15, -0.1) is 0 Å². The van der Waals surface area contributed by atoms with E-state index in [4.69, 9.17) is 0 Å². The van der Waals surface area contributed by atoms with Gasteiger partial charge < -0.3 is 0 Å². The molecule has 0 aromatic rings. The smallest absolute Gasteiger partial charge is 0.149 e. The van der Waals surface area contributed by atoms with Crippen LogP contribution in [0, 0.1) is 0 Å². The first kappa shape index (κ1) is 11.7. The van der Waals surface area contributed by atoms with E-state index in [0.29, 0.717) is 0 Å². The van der Waals surface area contributed by atoms with E-state index in [1.165, 1.54) is 0 Å². The van der Waals surface area contributed by atoms with Gasteiger partial charge in [-0.05, 0) is 13.8 Å². The van der Waals surface area contributed by atoms with Crippen LogP contribution in [0.3, 0.4) is 0 Å². The normalized spacial score (nSPS) is 14.2. The van der Waals surface area contributed by atoms with Gasteiger partial charge in [0.2, 0.25) is 0 Å². The van der Waals surface area contributed by atoms with Crippen molar-refractivity contribution in [3.05, 3.63) is 12.4 Å². The number of hydrogen-bond acceptors (Lipinski definition) is 0. The predicted molar refractivity (Wildman–Crippen MR) is 54.4 cm³/mol. The Morgan fingerprint density at radius 1 is 0.750 bits per heavy atom. The van der Waals surface area contributed by atoms with E-state index in [-0.39, 0.29) is 0 Å². The van der Waals surface area contributed by atoms with Crippen LogP contribution in [0.25, 0.3) is 0 Å². The molecule has 0 N–H and O–H groups in total. The molecule has 0 spiro atoms. The highest BCUT2D eigenvalue weighted by atomic mass is 15.3. The highest BCUT2D eigenvalue weighted by molar-refractivity contribution is 4.62. The molecule has 0 aliphatic rings. The van der Waals surface area contributed by atoms with Crippen LogP contribution in [0.15, 0.2) is 12.4 Å². The van der Waals surface area contributed by atoms with E-state index in [1.54, 1.807) is 0 Å². The Kier molecular flexibility index (Phi) is 3.94. The minimum Gasteiger partial charge on any atom is -0.298 e. The molecule has 0 rings (SSSR count). The van der Waals surface area contributed by atoms with Crippen LogP contribution in [-0.4, -0.2) is 50.2 Å². The number of nitrogens with zero attached hydrogens (tertiary/aromatic N) is 2. The van der Waals surface area contributed by atoms with Crippen LogP contribution in [0.2, 0.25) is 0 Å². The number of quaternary nitrogens is 2. The zero-order valence-corrected chi connectivity index (χ0v) is 9.46. The van der Waals surface area contributed by atoms with Crippen molar-refractivity contribution in [3.8, 4) is 0 Å². The minimum absolute atomic E-state index is 0.960. The monoisotopic (exact) mass is 172 g/mol. The van der Waals surface area contributed by atoms with E-state index in [0.717, 1.165) is 22.1 Å². The van der Waals surface area contributed by atoms with Gasteiger partial charge in [0.15, 0.2) is 0 Å². The summed E-state index contributed by atoms with van der Waals surface area (Å²) in [6.07, 6.45) is 4.53. The van der Waals surface area contributed by atoms with Gasteiger partial charge >= 0.3 is 0 Å². The molecular formula is C10H24N2+2. The number of hydrogen-bond donors (Lipinski definition) is 0. The molecule has 0 atom stereocenters. The predicted octanol–water partition coefficient (Wildman–Crippen LogP) is 1.65. The molecule has 0 saturated carbocycles. The second kappa shape index (κ2) is 4.06. The van der Waals surface area contributed by atoms with Crippen molar-refractivity contribution in [3.63, 3.8) is 0 Å². The molecule has 0 aromatic carbocycles. The van der Waals surface area contributed by atoms with Gasteiger partial charge in [0.1, 0.15) is 12.4 Å². The van der Waals surface area contributed by atoms with Crippen molar-refractivity contribution in [1.82, 2.24) is 0 Å². The molecule has 2 heteroatoms. The van der Waals surface area contributed by atoms with Gasteiger partial charge in [0.05, 0.1) is 41.3 Å². The Morgan fingerprint density at radius 2 is 1.00 bits per heavy atom. The molecule has 0 amide bonds. The van der Waals surface area contributed by atoms with E-state index in [9.17, 15) is 0 Å². The topological polar surface area (TPSA) is 0 Å². The second-order valence-corrected chi connectivity index (χ2v) is 4.49. The van der Waals surface area contributed by atoms with Crippen molar-refractivity contribution < 1.29 is 8.97 Å². The molecule has 72 valence electrons. The summed E-state index contributed by atoms with van der Waals surface area (Å²) in [5.41, 5.74) is 0. The van der Waals surface area contributed by atoms with Gasteiger partial charge in [-0.2, -0.15) is 0 Å². The third-order valence-corrected chi connectivity index (χ3v) is 2.50. The Bertz CT molecular complexity index is 139. The molecule has 2 nitrogen and oxygen atoms in total. The molecule has 0 aromatic heterocycles. The summed E-state index contributed by atoms with van der Waals surface area (Å²) in [6.45, 7) is 6.69. The maximum atomic E-state index is 2.27. The van der Waals surface area contributed by atoms with Crippen molar-refractivity contribution >= 4 is 0 Å². The van der Waals surface area contributed by atoms with Gasteiger partial charge in [0.25, 0.3) is 0 Å². The Balaban J connectivity index is 4.23. The molecule has 0 heterocycles. The van der Waals surface area contributed by atoms with E-state index < -0.39 is 0 Å². The van der Waals surface area contributed by atoms with Gasteiger partial charge in [-0.1, -0.05) is 0 Å². The van der Waals surface area contributed by atoms with Crippen molar-refractivity contribution in [2.45, 2.75) is 13.8 Å². The van der Waals surface area contributed by atoms with Crippen molar-refractivity contribution in [2.24, 2.45) is 0 Å². The zero-order chi connectivity index (χ0) is 9.83. The number of rotatable bonds is 4. The third kappa shape index (κ3) is 4.52. The zero-order valence-electron chi connectivity index (χ0n) is 9.46. The molecule has 0 bridgehead atoms. The van der Waals surface area contributed by atoms with Crippen LogP contribution in [0.5, 0.6) is 0 Å². The van der Waals surface area contributed by atoms with Crippen LogP contribution in [0.4, 0.5) is 0 Å². The van der Waals surface area contributed by atoms with E-state index in [2.05, 4.69) is 54.4 Å². The highest BCUT2D eigenvalue weighted by Gasteiger charge is 2.12. The van der Waals surface area contributed by atoms with Crippen molar-refractivity contribution in [1.29, 1.82) is 0 Å². The Morgan fingerprint density at radius 3 is 1.17 bits per heavy atom. The summed E-state index contributed by atoms with van der Waals surface area (Å²) in [7, 11) is 8.86. The molecule has 12 heavy (non-hydrogen) atoms. The van der Waals surface area contributed by atoms with E-state index >= 15 is 0 Å². The van der Waals surface area contributed by atoms with Gasteiger partial charge in [0, 0.05) is 0 Å². The van der Waals surface area contributed by atoms with Crippen LogP contribution >= 0.6 is 0 Å². The maximum absolute atomic E-state index is 2.27. The van der Waals surface area contributed by atoms with Crippen LogP contribution in [0.1, 0.15) is 13.8 Å². The quantitative estimate of drug-likeness (QED) is 0.566. The fraction of sp³-hybridized carbons (Fsp3) is 0.800. The Hall–Kier alpha value is -0.340. The van der Waals surface area contributed by atoms with E-state index in [1.807, 2.05) is 0 Å². The molecule has 0 unspecified atom stereocenters. The summed E-state index contributed by atoms with van der Waals surface area (Å²) in [5.74, 6) is 0.